The molecule has 3 N–H and O–H groups in total. The van der Waals surface area contributed by atoms with Gasteiger partial charge in [-0.1, -0.05) is 41.9 Å². The summed E-state index contributed by atoms with van der Waals surface area (Å²) in [5.41, 5.74) is 7.11. The van der Waals surface area contributed by atoms with Crippen LogP contribution in [0.25, 0.3) is 10.8 Å². The maximum absolute atomic E-state index is 6.09. The second-order valence-electron chi connectivity index (χ2n) is 4.29. The number of rotatable bonds is 2. The van der Waals surface area contributed by atoms with Crippen molar-refractivity contribution in [3.63, 3.8) is 0 Å². The Morgan fingerprint density at radius 1 is 1.00 bits per heavy atom. The van der Waals surface area contributed by atoms with Crippen molar-refractivity contribution in [2.24, 2.45) is 0 Å². The fraction of sp³-hybridized carbons (Fsp3) is 0. The third-order valence-electron chi connectivity index (χ3n) is 2.87. The van der Waals surface area contributed by atoms with Gasteiger partial charge in [0.2, 0.25) is 0 Å². The highest BCUT2D eigenvalue weighted by Gasteiger charge is 2.03. The van der Waals surface area contributed by atoms with Crippen LogP contribution in [0.3, 0.4) is 0 Å². The highest BCUT2D eigenvalue weighted by molar-refractivity contribution is 6.33. The molecule has 0 unspecified atom stereocenters. The average molecular weight is 270 g/mol. The molecule has 0 aliphatic heterocycles. The number of hydrogen-bond donors (Lipinski definition) is 2. The Bertz CT molecular complexity index is 740. The first-order chi connectivity index (χ1) is 9.22. The summed E-state index contributed by atoms with van der Waals surface area (Å²) < 4.78 is 0. The quantitative estimate of drug-likeness (QED) is 0.732. The Hall–Kier alpha value is -2.26. The lowest BCUT2D eigenvalue weighted by Gasteiger charge is -2.08. The minimum absolute atomic E-state index is 0.508. The van der Waals surface area contributed by atoms with Crippen LogP contribution in [0.1, 0.15) is 0 Å². The van der Waals surface area contributed by atoms with Crippen LogP contribution in [-0.4, -0.2) is 4.98 Å². The Labute approximate surface area is 116 Å². The van der Waals surface area contributed by atoms with Gasteiger partial charge in [0, 0.05) is 5.69 Å². The second-order valence-corrected chi connectivity index (χ2v) is 4.69. The number of nitrogens with zero attached hydrogens (tertiary/aromatic N) is 1. The average Bonchev–Trinajstić information content (AvgIpc) is 2.42. The van der Waals surface area contributed by atoms with Crippen LogP contribution >= 0.6 is 11.6 Å². The number of nitrogens with two attached hydrogens (primary N) is 1. The third-order valence-corrected chi connectivity index (χ3v) is 3.16. The molecule has 94 valence electrons. The number of nitrogens with one attached hydrogen (secondary N) is 1. The first-order valence-electron chi connectivity index (χ1n) is 5.89. The second kappa shape index (κ2) is 4.78. The van der Waals surface area contributed by atoms with Gasteiger partial charge < -0.3 is 11.1 Å². The van der Waals surface area contributed by atoms with E-state index in [2.05, 4.69) is 34.6 Å². The fourth-order valence-electron chi connectivity index (χ4n) is 1.95. The highest BCUT2D eigenvalue weighted by atomic mass is 35.5. The molecule has 0 atom stereocenters. The maximum Gasteiger partial charge on any atom is 0.149 e. The van der Waals surface area contributed by atoms with Crippen LogP contribution in [0.2, 0.25) is 5.02 Å². The molecule has 3 aromatic rings. The van der Waals surface area contributed by atoms with Gasteiger partial charge in [-0.15, -0.1) is 0 Å². The van der Waals surface area contributed by atoms with E-state index >= 15 is 0 Å². The number of fused-ring (bicyclic) bond motifs is 1. The van der Waals surface area contributed by atoms with E-state index in [-0.39, 0.29) is 0 Å². The zero-order valence-electron chi connectivity index (χ0n) is 10.1. The molecular weight excluding hydrogens is 258 g/mol. The van der Waals surface area contributed by atoms with Gasteiger partial charge in [0.25, 0.3) is 0 Å². The van der Waals surface area contributed by atoms with Crippen LogP contribution in [0, 0.1) is 0 Å². The van der Waals surface area contributed by atoms with Gasteiger partial charge in [-0.2, -0.15) is 0 Å². The van der Waals surface area contributed by atoms with Crippen molar-refractivity contribution in [1.29, 1.82) is 0 Å². The number of hydrogen-bond acceptors (Lipinski definition) is 3. The Kier molecular flexibility index (Phi) is 2.97. The molecule has 4 heteroatoms. The summed E-state index contributed by atoms with van der Waals surface area (Å²) >= 11 is 6.09. The van der Waals surface area contributed by atoms with Gasteiger partial charge in [0.1, 0.15) is 5.82 Å². The molecule has 3 rings (SSSR count). The Morgan fingerprint density at radius 2 is 1.79 bits per heavy atom. The SMILES string of the molecule is Nc1cnc(Nc2ccc3ccccc3c2)c(Cl)c1. The maximum atomic E-state index is 6.09. The first-order valence-corrected chi connectivity index (χ1v) is 6.27. The Balaban J connectivity index is 1.96. The van der Waals surface area contributed by atoms with Gasteiger partial charge in [-0.05, 0) is 29.0 Å². The predicted molar refractivity (Wildman–Crippen MR) is 80.9 cm³/mol. The van der Waals surface area contributed by atoms with Crippen LogP contribution in [-0.2, 0) is 0 Å². The zero-order chi connectivity index (χ0) is 13.2. The molecule has 0 spiro atoms. The van der Waals surface area contributed by atoms with Gasteiger partial charge in [0.05, 0.1) is 16.9 Å². The molecule has 0 saturated carbocycles. The Morgan fingerprint density at radius 3 is 2.58 bits per heavy atom. The topological polar surface area (TPSA) is 50.9 Å². The van der Waals surface area contributed by atoms with Crippen LogP contribution in [0.15, 0.2) is 54.7 Å². The van der Waals surface area contributed by atoms with Crippen molar-refractivity contribution in [2.45, 2.75) is 0 Å². The van der Waals surface area contributed by atoms with Crippen molar-refractivity contribution >= 4 is 39.6 Å². The summed E-state index contributed by atoms with van der Waals surface area (Å²) in [5.74, 6) is 0.603. The lowest BCUT2D eigenvalue weighted by Crippen LogP contribution is -1.96. The number of anilines is 3. The van der Waals surface area contributed by atoms with E-state index in [4.69, 9.17) is 17.3 Å². The van der Waals surface area contributed by atoms with Gasteiger partial charge in [-0.3, -0.25) is 0 Å². The van der Waals surface area contributed by atoms with E-state index in [9.17, 15) is 0 Å². The van der Waals surface area contributed by atoms with E-state index in [1.165, 1.54) is 10.8 Å². The van der Waals surface area contributed by atoms with Crippen LogP contribution in [0.5, 0.6) is 0 Å². The van der Waals surface area contributed by atoms with Crippen molar-refractivity contribution in [2.75, 3.05) is 11.1 Å². The molecule has 0 aliphatic rings. The number of benzene rings is 2. The monoisotopic (exact) mass is 269 g/mol. The summed E-state index contributed by atoms with van der Waals surface area (Å²) in [6.45, 7) is 0. The van der Waals surface area contributed by atoms with Crippen molar-refractivity contribution in [3.8, 4) is 0 Å². The molecule has 1 aromatic heterocycles. The molecule has 19 heavy (non-hydrogen) atoms. The summed E-state index contributed by atoms with van der Waals surface area (Å²) in [6, 6.07) is 16.0. The van der Waals surface area contributed by atoms with E-state index < -0.39 is 0 Å². The van der Waals surface area contributed by atoms with Gasteiger partial charge in [-0.25, -0.2) is 4.98 Å². The smallest absolute Gasteiger partial charge is 0.149 e. The molecule has 0 aliphatic carbocycles. The first kappa shape index (κ1) is 11.8. The predicted octanol–water partition coefficient (Wildman–Crippen LogP) is 4.21. The van der Waals surface area contributed by atoms with Gasteiger partial charge >= 0.3 is 0 Å². The number of pyridine rings is 1. The lowest BCUT2D eigenvalue weighted by atomic mass is 10.1. The molecule has 2 aromatic carbocycles. The number of nitrogen functional groups attached to an aromatic ring is 1. The van der Waals surface area contributed by atoms with E-state index in [1.54, 1.807) is 12.3 Å². The molecule has 0 bridgehead atoms. The van der Waals surface area contributed by atoms with E-state index in [0.29, 0.717) is 16.5 Å². The normalized spacial score (nSPS) is 10.6. The van der Waals surface area contributed by atoms with Crippen molar-refractivity contribution in [1.82, 2.24) is 4.98 Å². The van der Waals surface area contributed by atoms with Crippen molar-refractivity contribution in [3.05, 3.63) is 59.8 Å². The summed E-state index contributed by atoms with van der Waals surface area (Å²) in [5, 5.41) is 6.06. The molecule has 1 heterocycles. The standard InChI is InChI=1S/C15H12ClN3/c16-14-8-12(17)9-18-15(14)19-13-6-5-10-3-1-2-4-11(10)7-13/h1-9H,17H2,(H,18,19). The molecule has 0 amide bonds. The summed E-state index contributed by atoms with van der Waals surface area (Å²) in [7, 11) is 0. The third kappa shape index (κ3) is 2.46. The molecule has 0 saturated heterocycles. The summed E-state index contributed by atoms with van der Waals surface area (Å²) in [6.07, 6.45) is 1.58. The minimum atomic E-state index is 0.508. The molecule has 3 nitrogen and oxygen atoms in total. The lowest BCUT2D eigenvalue weighted by molar-refractivity contribution is 1.31. The van der Waals surface area contributed by atoms with Crippen LogP contribution < -0.4 is 11.1 Å². The summed E-state index contributed by atoms with van der Waals surface area (Å²) in [4.78, 5) is 4.19. The van der Waals surface area contributed by atoms with Crippen LogP contribution in [0.4, 0.5) is 17.2 Å². The van der Waals surface area contributed by atoms with Crippen molar-refractivity contribution < 1.29 is 0 Å². The fourth-order valence-corrected chi connectivity index (χ4v) is 2.17. The number of aromatic nitrogens is 1. The van der Waals surface area contributed by atoms with Gasteiger partial charge in [0.15, 0.2) is 0 Å². The highest BCUT2D eigenvalue weighted by Crippen LogP contribution is 2.26. The molecule has 0 radical (unpaired) electrons. The molecular formula is C15H12ClN3. The largest absolute Gasteiger partial charge is 0.397 e. The van der Waals surface area contributed by atoms with E-state index in [1.807, 2.05) is 18.2 Å². The molecule has 0 fully saturated rings. The van der Waals surface area contributed by atoms with E-state index in [0.717, 1.165) is 5.69 Å². The zero-order valence-corrected chi connectivity index (χ0v) is 10.9. The number of halogens is 1. The minimum Gasteiger partial charge on any atom is -0.397 e.